The van der Waals surface area contributed by atoms with Crippen molar-refractivity contribution in [3.63, 3.8) is 0 Å². The van der Waals surface area contributed by atoms with Crippen LogP contribution >= 0.6 is 0 Å². The zero-order chi connectivity index (χ0) is 9.68. The van der Waals surface area contributed by atoms with Gasteiger partial charge in [-0.1, -0.05) is 20.3 Å². The first-order valence-corrected chi connectivity index (χ1v) is 5.21. The minimum absolute atomic E-state index is 0.276. The molecule has 78 valence electrons. The maximum absolute atomic E-state index is 5.57. The fourth-order valence-electron chi connectivity index (χ4n) is 1.70. The van der Waals surface area contributed by atoms with E-state index in [1.54, 1.807) is 0 Å². The van der Waals surface area contributed by atoms with Gasteiger partial charge in [-0.25, -0.2) is 0 Å². The highest BCUT2D eigenvalue weighted by atomic mass is 16.7. The van der Waals surface area contributed by atoms with Crippen LogP contribution in [0, 0.1) is 5.92 Å². The number of hydrogen-bond acceptors (Lipinski definition) is 3. The molecule has 3 heteroatoms. The van der Waals surface area contributed by atoms with Gasteiger partial charge in [0.15, 0.2) is 0 Å². The number of hydrogen-bond donors (Lipinski definition) is 1. The molecule has 0 spiro atoms. The first-order valence-electron chi connectivity index (χ1n) is 5.21. The summed E-state index contributed by atoms with van der Waals surface area (Å²) in [5.41, 5.74) is 5.57. The Bertz CT molecular complexity index is 141. The number of nitrogens with two attached hydrogens (primary N) is 1. The molecule has 3 atom stereocenters. The van der Waals surface area contributed by atoms with Crippen LogP contribution in [0.2, 0.25) is 0 Å². The summed E-state index contributed by atoms with van der Waals surface area (Å²) < 4.78 is 11.0. The average molecular weight is 187 g/mol. The standard InChI is InChI=1S/C10H21NO2/c1-3-4-9-10(13-7-12-9)5-8(2)6-11/h8-10H,3-7,11H2,1-2H3. The Balaban J connectivity index is 2.30. The first kappa shape index (κ1) is 11.0. The molecule has 0 amide bonds. The van der Waals surface area contributed by atoms with Gasteiger partial charge in [0.05, 0.1) is 12.2 Å². The minimum Gasteiger partial charge on any atom is -0.349 e. The van der Waals surface area contributed by atoms with E-state index in [2.05, 4.69) is 13.8 Å². The molecule has 0 aliphatic carbocycles. The third kappa shape index (κ3) is 3.25. The lowest BCUT2D eigenvalue weighted by atomic mass is 9.98. The molecule has 0 radical (unpaired) electrons. The van der Waals surface area contributed by atoms with Gasteiger partial charge in [0.25, 0.3) is 0 Å². The Kier molecular flexibility index (Phi) is 4.70. The van der Waals surface area contributed by atoms with Crippen LogP contribution in [0.4, 0.5) is 0 Å². The monoisotopic (exact) mass is 187 g/mol. The summed E-state index contributed by atoms with van der Waals surface area (Å²) in [5.74, 6) is 0.533. The fourth-order valence-corrected chi connectivity index (χ4v) is 1.70. The summed E-state index contributed by atoms with van der Waals surface area (Å²) in [7, 11) is 0. The van der Waals surface area contributed by atoms with E-state index in [9.17, 15) is 0 Å². The van der Waals surface area contributed by atoms with Gasteiger partial charge in [0, 0.05) is 0 Å². The second-order valence-corrected chi connectivity index (χ2v) is 3.89. The highest BCUT2D eigenvalue weighted by Gasteiger charge is 2.29. The predicted molar refractivity (Wildman–Crippen MR) is 52.4 cm³/mol. The molecule has 1 saturated heterocycles. The van der Waals surface area contributed by atoms with E-state index in [0.717, 1.165) is 25.8 Å². The van der Waals surface area contributed by atoms with E-state index in [1.807, 2.05) is 0 Å². The van der Waals surface area contributed by atoms with Crippen LogP contribution in [0.25, 0.3) is 0 Å². The van der Waals surface area contributed by atoms with Gasteiger partial charge in [-0.05, 0) is 25.3 Å². The quantitative estimate of drug-likeness (QED) is 0.709. The Morgan fingerprint density at radius 1 is 1.38 bits per heavy atom. The van der Waals surface area contributed by atoms with E-state index in [-0.39, 0.29) is 6.10 Å². The molecular formula is C10H21NO2. The Labute approximate surface area is 80.6 Å². The smallest absolute Gasteiger partial charge is 0.147 e. The van der Waals surface area contributed by atoms with Gasteiger partial charge in [0.1, 0.15) is 6.79 Å². The molecule has 1 fully saturated rings. The Hall–Kier alpha value is -0.120. The highest BCUT2D eigenvalue weighted by Crippen LogP contribution is 2.22. The lowest BCUT2D eigenvalue weighted by Gasteiger charge is -2.19. The lowest BCUT2D eigenvalue weighted by molar-refractivity contribution is 0.0347. The van der Waals surface area contributed by atoms with Crippen molar-refractivity contribution in [3.8, 4) is 0 Å². The SMILES string of the molecule is CCCC1OCOC1CC(C)CN. The molecular weight excluding hydrogens is 166 g/mol. The van der Waals surface area contributed by atoms with Gasteiger partial charge < -0.3 is 15.2 Å². The number of ether oxygens (including phenoxy) is 2. The molecule has 0 saturated carbocycles. The second kappa shape index (κ2) is 5.58. The van der Waals surface area contributed by atoms with Crippen LogP contribution in [-0.2, 0) is 9.47 Å². The molecule has 1 aliphatic heterocycles. The topological polar surface area (TPSA) is 44.5 Å². The van der Waals surface area contributed by atoms with Crippen LogP contribution in [0.1, 0.15) is 33.1 Å². The second-order valence-electron chi connectivity index (χ2n) is 3.89. The van der Waals surface area contributed by atoms with E-state index >= 15 is 0 Å². The number of rotatable bonds is 5. The third-order valence-electron chi connectivity index (χ3n) is 2.59. The van der Waals surface area contributed by atoms with Crippen molar-refractivity contribution in [2.24, 2.45) is 11.7 Å². The van der Waals surface area contributed by atoms with Gasteiger partial charge in [-0.2, -0.15) is 0 Å². The van der Waals surface area contributed by atoms with Crippen LogP contribution in [0.3, 0.4) is 0 Å². The van der Waals surface area contributed by atoms with E-state index in [4.69, 9.17) is 15.2 Å². The zero-order valence-corrected chi connectivity index (χ0v) is 8.66. The van der Waals surface area contributed by atoms with E-state index < -0.39 is 0 Å². The van der Waals surface area contributed by atoms with Crippen molar-refractivity contribution in [2.45, 2.75) is 45.3 Å². The maximum atomic E-state index is 5.57. The summed E-state index contributed by atoms with van der Waals surface area (Å²) in [5, 5.41) is 0. The molecule has 1 aliphatic rings. The Morgan fingerprint density at radius 2 is 2.08 bits per heavy atom. The van der Waals surface area contributed by atoms with Gasteiger partial charge in [-0.15, -0.1) is 0 Å². The first-order chi connectivity index (χ1) is 6.27. The van der Waals surface area contributed by atoms with Gasteiger partial charge >= 0.3 is 0 Å². The van der Waals surface area contributed by atoms with Crippen LogP contribution in [0.15, 0.2) is 0 Å². The molecule has 2 N–H and O–H groups in total. The maximum Gasteiger partial charge on any atom is 0.147 e. The average Bonchev–Trinajstić information content (AvgIpc) is 2.54. The largest absolute Gasteiger partial charge is 0.349 e. The summed E-state index contributed by atoms with van der Waals surface area (Å²) in [6, 6.07) is 0. The van der Waals surface area contributed by atoms with Crippen molar-refractivity contribution in [1.82, 2.24) is 0 Å². The highest BCUT2D eigenvalue weighted by molar-refractivity contribution is 4.76. The summed E-state index contributed by atoms with van der Waals surface area (Å²) >= 11 is 0. The molecule has 1 rings (SSSR count). The molecule has 3 nitrogen and oxygen atoms in total. The molecule has 0 aromatic rings. The molecule has 0 aromatic carbocycles. The van der Waals surface area contributed by atoms with E-state index in [1.165, 1.54) is 0 Å². The van der Waals surface area contributed by atoms with Crippen LogP contribution < -0.4 is 5.73 Å². The zero-order valence-electron chi connectivity index (χ0n) is 8.66. The van der Waals surface area contributed by atoms with Crippen LogP contribution in [-0.4, -0.2) is 25.5 Å². The molecule has 1 heterocycles. The van der Waals surface area contributed by atoms with Crippen molar-refractivity contribution in [2.75, 3.05) is 13.3 Å². The lowest BCUT2D eigenvalue weighted by Crippen LogP contribution is -2.27. The molecule has 0 aromatic heterocycles. The summed E-state index contributed by atoms with van der Waals surface area (Å²) in [6.45, 7) is 5.53. The van der Waals surface area contributed by atoms with Crippen molar-refractivity contribution < 1.29 is 9.47 Å². The predicted octanol–water partition coefficient (Wildman–Crippen LogP) is 1.51. The van der Waals surface area contributed by atoms with Crippen molar-refractivity contribution in [1.29, 1.82) is 0 Å². The summed E-state index contributed by atoms with van der Waals surface area (Å²) in [6.07, 6.45) is 3.86. The van der Waals surface area contributed by atoms with Gasteiger partial charge in [0.2, 0.25) is 0 Å². The normalized spacial score (nSPS) is 30.7. The minimum atomic E-state index is 0.276. The third-order valence-corrected chi connectivity index (χ3v) is 2.59. The van der Waals surface area contributed by atoms with E-state index in [0.29, 0.717) is 18.8 Å². The molecule has 13 heavy (non-hydrogen) atoms. The van der Waals surface area contributed by atoms with Crippen molar-refractivity contribution in [3.05, 3.63) is 0 Å². The van der Waals surface area contributed by atoms with Crippen molar-refractivity contribution >= 4 is 0 Å². The molecule has 3 unspecified atom stereocenters. The van der Waals surface area contributed by atoms with Crippen LogP contribution in [0.5, 0.6) is 0 Å². The van der Waals surface area contributed by atoms with Gasteiger partial charge in [-0.3, -0.25) is 0 Å². The molecule has 0 bridgehead atoms. The summed E-state index contributed by atoms with van der Waals surface area (Å²) in [4.78, 5) is 0. The Morgan fingerprint density at radius 3 is 2.69 bits per heavy atom. The fraction of sp³-hybridized carbons (Fsp3) is 1.00.